The van der Waals surface area contributed by atoms with Gasteiger partial charge in [-0.3, -0.25) is 4.98 Å². The van der Waals surface area contributed by atoms with Crippen LogP contribution in [-0.4, -0.2) is 11.5 Å². The minimum atomic E-state index is 0.475. The molecule has 1 aromatic heterocycles. The van der Waals surface area contributed by atoms with Gasteiger partial charge >= 0.3 is 0 Å². The van der Waals surface area contributed by atoms with E-state index in [0.717, 1.165) is 16.7 Å². The largest absolute Gasteiger partial charge is 0.309 e. The third-order valence-electron chi connectivity index (χ3n) is 2.16. The van der Waals surface area contributed by atoms with Gasteiger partial charge in [0.2, 0.25) is 0 Å². The number of halogens is 1. The number of rotatable bonds is 1. The molecule has 2 nitrogen and oxygen atoms in total. The molecule has 0 amide bonds. The second-order valence-electron chi connectivity index (χ2n) is 3.05. The Hall–Kier alpha value is -0.410. The summed E-state index contributed by atoms with van der Waals surface area (Å²) in [5, 5.41) is 3.42. The molecular formula is C9H11BrN2. The lowest BCUT2D eigenvalue weighted by Gasteiger charge is -2.08. The average molecular weight is 227 g/mol. The van der Waals surface area contributed by atoms with Gasteiger partial charge in [-0.1, -0.05) is 15.9 Å². The van der Waals surface area contributed by atoms with Crippen LogP contribution in [0.1, 0.15) is 24.6 Å². The minimum Gasteiger partial charge on any atom is -0.309 e. The maximum Gasteiger partial charge on any atom is 0.0584 e. The number of nitrogens with one attached hydrogen (secondary N) is 1. The van der Waals surface area contributed by atoms with Crippen molar-refractivity contribution in [1.82, 2.24) is 10.3 Å². The van der Waals surface area contributed by atoms with E-state index in [-0.39, 0.29) is 0 Å². The van der Waals surface area contributed by atoms with E-state index in [2.05, 4.69) is 32.3 Å². The second kappa shape index (κ2) is 3.54. The number of aromatic nitrogens is 1. The summed E-state index contributed by atoms with van der Waals surface area (Å²) < 4.78 is 1.11. The van der Waals surface area contributed by atoms with Gasteiger partial charge in [-0.25, -0.2) is 0 Å². The molecule has 1 N–H and O–H groups in total. The third kappa shape index (κ3) is 1.67. The van der Waals surface area contributed by atoms with Crippen molar-refractivity contribution in [2.45, 2.75) is 18.9 Å². The molecule has 12 heavy (non-hydrogen) atoms. The molecule has 2 rings (SSSR count). The fourth-order valence-corrected chi connectivity index (χ4v) is 1.90. The van der Waals surface area contributed by atoms with Crippen LogP contribution >= 0.6 is 15.9 Å². The topological polar surface area (TPSA) is 24.9 Å². The SMILES string of the molecule is Brc1ccnc([C@@H]2CCCN2)c1. The highest BCUT2D eigenvalue weighted by Gasteiger charge is 2.16. The maximum atomic E-state index is 4.33. The molecule has 1 aromatic rings. The van der Waals surface area contributed by atoms with Crippen LogP contribution in [0.15, 0.2) is 22.8 Å². The smallest absolute Gasteiger partial charge is 0.0584 e. The highest BCUT2D eigenvalue weighted by atomic mass is 79.9. The maximum absolute atomic E-state index is 4.33. The van der Waals surface area contributed by atoms with E-state index in [9.17, 15) is 0 Å². The van der Waals surface area contributed by atoms with E-state index in [0.29, 0.717) is 6.04 Å². The lowest BCUT2D eigenvalue weighted by atomic mass is 10.1. The summed E-state index contributed by atoms with van der Waals surface area (Å²) in [5.74, 6) is 0. The van der Waals surface area contributed by atoms with E-state index >= 15 is 0 Å². The van der Waals surface area contributed by atoms with E-state index in [4.69, 9.17) is 0 Å². The van der Waals surface area contributed by atoms with Crippen molar-refractivity contribution in [3.63, 3.8) is 0 Å². The Morgan fingerprint density at radius 2 is 2.50 bits per heavy atom. The lowest BCUT2D eigenvalue weighted by molar-refractivity contribution is 0.627. The molecular weight excluding hydrogens is 216 g/mol. The van der Waals surface area contributed by atoms with Gasteiger partial charge in [0, 0.05) is 16.7 Å². The van der Waals surface area contributed by atoms with Crippen LogP contribution in [0.4, 0.5) is 0 Å². The summed E-state index contributed by atoms with van der Waals surface area (Å²) >= 11 is 3.44. The zero-order chi connectivity index (χ0) is 8.39. The van der Waals surface area contributed by atoms with Crippen molar-refractivity contribution in [3.8, 4) is 0 Å². The monoisotopic (exact) mass is 226 g/mol. The van der Waals surface area contributed by atoms with Gasteiger partial charge < -0.3 is 5.32 Å². The molecule has 0 unspecified atom stereocenters. The van der Waals surface area contributed by atoms with Crippen LogP contribution in [0.2, 0.25) is 0 Å². The lowest BCUT2D eigenvalue weighted by Crippen LogP contribution is -2.13. The fraction of sp³-hybridized carbons (Fsp3) is 0.444. The molecule has 0 saturated carbocycles. The molecule has 1 aliphatic heterocycles. The van der Waals surface area contributed by atoms with Crippen molar-refractivity contribution in [1.29, 1.82) is 0 Å². The van der Waals surface area contributed by atoms with Crippen molar-refractivity contribution in [3.05, 3.63) is 28.5 Å². The van der Waals surface area contributed by atoms with Crippen molar-refractivity contribution < 1.29 is 0 Å². The Kier molecular flexibility index (Phi) is 2.42. The molecule has 0 spiro atoms. The number of pyridine rings is 1. The molecule has 0 radical (unpaired) electrons. The molecule has 0 aromatic carbocycles. The molecule has 3 heteroatoms. The normalized spacial score (nSPS) is 22.9. The first-order valence-corrected chi connectivity index (χ1v) is 5.00. The molecule has 1 saturated heterocycles. The van der Waals surface area contributed by atoms with Crippen LogP contribution in [0.3, 0.4) is 0 Å². The minimum absolute atomic E-state index is 0.475. The fourth-order valence-electron chi connectivity index (χ4n) is 1.55. The van der Waals surface area contributed by atoms with Crippen LogP contribution < -0.4 is 5.32 Å². The molecule has 0 aliphatic carbocycles. The number of nitrogens with zero attached hydrogens (tertiary/aromatic N) is 1. The highest BCUT2D eigenvalue weighted by Crippen LogP contribution is 2.22. The molecule has 1 atom stereocenters. The summed E-state index contributed by atoms with van der Waals surface area (Å²) in [6.45, 7) is 1.12. The van der Waals surface area contributed by atoms with Gasteiger partial charge in [-0.15, -0.1) is 0 Å². The van der Waals surface area contributed by atoms with E-state index < -0.39 is 0 Å². The summed E-state index contributed by atoms with van der Waals surface area (Å²) in [4.78, 5) is 4.33. The first-order chi connectivity index (χ1) is 5.86. The standard InChI is InChI=1S/C9H11BrN2/c10-7-3-5-12-9(6-7)8-2-1-4-11-8/h3,5-6,8,11H,1-2,4H2/t8-/m0/s1. The molecule has 1 aliphatic rings. The van der Waals surface area contributed by atoms with Crippen LogP contribution in [-0.2, 0) is 0 Å². The van der Waals surface area contributed by atoms with Crippen molar-refractivity contribution >= 4 is 15.9 Å². The molecule has 1 fully saturated rings. The summed E-state index contributed by atoms with van der Waals surface area (Å²) in [7, 11) is 0. The molecule has 64 valence electrons. The Balaban J connectivity index is 2.21. The molecule has 2 heterocycles. The van der Waals surface area contributed by atoms with Crippen LogP contribution in [0.5, 0.6) is 0 Å². The highest BCUT2D eigenvalue weighted by molar-refractivity contribution is 9.10. The summed E-state index contributed by atoms with van der Waals surface area (Å²) in [6, 6.07) is 4.52. The first kappa shape index (κ1) is 8.20. The zero-order valence-electron chi connectivity index (χ0n) is 6.76. The predicted molar refractivity (Wildman–Crippen MR) is 51.9 cm³/mol. The summed E-state index contributed by atoms with van der Waals surface area (Å²) in [6.07, 6.45) is 4.32. The Labute approximate surface area is 80.5 Å². The number of hydrogen-bond acceptors (Lipinski definition) is 2. The van der Waals surface area contributed by atoms with Gasteiger partial charge in [0.05, 0.1) is 5.69 Å². The van der Waals surface area contributed by atoms with Gasteiger partial charge in [-0.05, 0) is 31.5 Å². The van der Waals surface area contributed by atoms with E-state index in [1.54, 1.807) is 0 Å². The van der Waals surface area contributed by atoms with E-state index in [1.807, 2.05) is 12.3 Å². The van der Waals surface area contributed by atoms with Crippen LogP contribution in [0, 0.1) is 0 Å². The Bertz CT molecular complexity index is 269. The van der Waals surface area contributed by atoms with Gasteiger partial charge in [0.1, 0.15) is 0 Å². The van der Waals surface area contributed by atoms with Gasteiger partial charge in [-0.2, -0.15) is 0 Å². The predicted octanol–water partition coefficient (Wildman–Crippen LogP) is 2.27. The summed E-state index contributed by atoms with van der Waals surface area (Å²) in [5.41, 5.74) is 1.15. The average Bonchev–Trinajstić information content (AvgIpc) is 2.56. The van der Waals surface area contributed by atoms with E-state index in [1.165, 1.54) is 12.8 Å². The van der Waals surface area contributed by atoms with Crippen LogP contribution in [0.25, 0.3) is 0 Å². The first-order valence-electron chi connectivity index (χ1n) is 4.21. The quantitative estimate of drug-likeness (QED) is 0.795. The Morgan fingerprint density at radius 1 is 1.58 bits per heavy atom. The van der Waals surface area contributed by atoms with Crippen molar-refractivity contribution in [2.24, 2.45) is 0 Å². The van der Waals surface area contributed by atoms with Gasteiger partial charge in [0.25, 0.3) is 0 Å². The van der Waals surface area contributed by atoms with Gasteiger partial charge in [0.15, 0.2) is 0 Å². The Morgan fingerprint density at radius 3 is 3.17 bits per heavy atom. The zero-order valence-corrected chi connectivity index (χ0v) is 8.34. The van der Waals surface area contributed by atoms with Crippen molar-refractivity contribution in [2.75, 3.05) is 6.54 Å². The second-order valence-corrected chi connectivity index (χ2v) is 3.96. The third-order valence-corrected chi connectivity index (χ3v) is 2.65. The molecule has 0 bridgehead atoms. The number of hydrogen-bond donors (Lipinski definition) is 1.